The van der Waals surface area contributed by atoms with Gasteiger partial charge in [0.25, 0.3) is 5.91 Å². The Bertz CT molecular complexity index is 789. The standard InChI is InChI=1S/C21H24N2O3/c1-14(2)18(13-24)22-20(25)19(15-8-4-3-5-9-15)23-12-16-10-6-7-11-17(16)21(23)26/h3-11,14,18-19,24H,12-13H2,1-2H3,(H,22,25). The first kappa shape index (κ1) is 18.1. The van der Waals surface area contributed by atoms with Crippen LogP contribution in [0.25, 0.3) is 0 Å². The van der Waals surface area contributed by atoms with Crippen LogP contribution in [0.15, 0.2) is 54.6 Å². The first-order valence-corrected chi connectivity index (χ1v) is 8.88. The van der Waals surface area contributed by atoms with E-state index in [4.69, 9.17) is 0 Å². The smallest absolute Gasteiger partial charge is 0.255 e. The molecule has 2 atom stereocenters. The quantitative estimate of drug-likeness (QED) is 0.839. The Kier molecular flexibility index (Phi) is 5.38. The summed E-state index contributed by atoms with van der Waals surface area (Å²) in [5.41, 5.74) is 2.32. The van der Waals surface area contributed by atoms with E-state index in [0.29, 0.717) is 12.1 Å². The summed E-state index contributed by atoms with van der Waals surface area (Å²) in [7, 11) is 0. The molecule has 0 fully saturated rings. The molecule has 2 unspecified atom stereocenters. The molecule has 0 aromatic heterocycles. The first-order valence-electron chi connectivity index (χ1n) is 8.88. The van der Waals surface area contributed by atoms with Crippen LogP contribution in [0.4, 0.5) is 0 Å². The van der Waals surface area contributed by atoms with Crippen LogP contribution in [0.2, 0.25) is 0 Å². The van der Waals surface area contributed by atoms with Gasteiger partial charge in [0.1, 0.15) is 6.04 Å². The maximum absolute atomic E-state index is 13.1. The Balaban J connectivity index is 1.93. The Labute approximate surface area is 153 Å². The number of rotatable bonds is 6. The zero-order valence-electron chi connectivity index (χ0n) is 15.1. The molecule has 0 saturated carbocycles. The lowest BCUT2D eigenvalue weighted by Crippen LogP contribution is -2.47. The zero-order valence-corrected chi connectivity index (χ0v) is 15.1. The number of fused-ring (bicyclic) bond motifs is 1. The number of aliphatic hydroxyl groups excluding tert-OH is 1. The number of carbonyl (C=O) groups excluding carboxylic acids is 2. The second kappa shape index (κ2) is 7.70. The highest BCUT2D eigenvalue weighted by molar-refractivity contribution is 6.01. The molecule has 2 amide bonds. The molecule has 0 aliphatic carbocycles. The largest absolute Gasteiger partial charge is 0.394 e. The van der Waals surface area contributed by atoms with Crippen LogP contribution in [-0.2, 0) is 11.3 Å². The predicted molar refractivity (Wildman–Crippen MR) is 99.4 cm³/mol. The fourth-order valence-corrected chi connectivity index (χ4v) is 3.28. The molecule has 3 rings (SSSR count). The molecule has 0 bridgehead atoms. The number of amides is 2. The number of nitrogens with one attached hydrogen (secondary N) is 1. The third-order valence-corrected chi connectivity index (χ3v) is 4.85. The lowest BCUT2D eigenvalue weighted by molar-refractivity contribution is -0.127. The summed E-state index contributed by atoms with van der Waals surface area (Å²) >= 11 is 0. The summed E-state index contributed by atoms with van der Waals surface area (Å²) in [6.07, 6.45) is 0. The summed E-state index contributed by atoms with van der Waals surface area (Å²) in [5, 5.41) is 12.5. The van der Waals surface area contributed by atoms with Gasteiger partial charge in [-0.2, -0.15) is 0 Å². The highest BCUT2D eigenvalue weighted by Gasteiger charge is 2.37. The molecule has 2 aromatic carbocycles. The van der Waals surface area contributed by atoms with Gasteiger partial charge in [0.05, 0.1) is 12.6 Å². The molecule has 0 radical (unpaired) electrons. The number of carbonyl (C=O) groups is 2. The Morgan fingerprint density at radius 1 is 1.12 bits per heavy atom. The number of hydrogen-bond donors (Lipinski definition) is 2. The van der Waals surface area contributed by atoms with E-state index >= 15 is 0 Å². The molecule has 5 heteroatoms. The van der Waals surface area contributed by atoms with Gasteiger partial charge in [-0.3, -0.25) is 9.59 Å². The zero-order chi connectivity index (χ0) is 18.7. The molecule has 1 aliphatic rings. The Morgan fingerprint density at radius 3 is 2.38 bits per heavy atom. The van der Waals surface area contributed by atoms with Crippen LogP contribution < -0.4 is 5.32 Å². The maximum atomic E-state index is 13.1. The summed E-state index contributed by atoms with van der Waals surface area (Å²) in [4.78, 5) is 27.6. The molecule has 5 nitrogen and oxygen atoms in total. The third-order valence-electron chi connectivity index (χ3n) is 4.85. The molecular weight excluding hydrogens is 328 g/mol. The van der Waals surface area contributed by atoms with E-state index < -0.39 is 6.04 Å². The molecule has 2 N–H and O–H groups in total. The van der Waals surface area contributed by atoms with Gasteiger partial charge in [-0.05, 0) is 23.1 Å². The van der Waals surface area contributed by atoms with E-state index in [1.165, 1.54) is 0 Å². The Morgan fingerprint density at radius 2 is 1.77 bits per heavy atom. The van der Waals surface area contributed by atoms with Gasteiger partial charge < -0.3 is 15.3 Å². The first-order chi connectivity index (χ1) is 12.5. The molecule has 1 heterocycles. The highest BCUT2D eigenvalue weighted by atomic mass is 16.3. The molecule has 0 spiro atoms. The third kappa shape index (κ3) is 3.48. The summed E-state index contributed by atoms with van der Waals surface area (Å²) < 4.78 is 0. The van der Waals surface area contributed by atoms with E-state index in [1.54, 1.807) is 11.0 Å². The molecule has 1 aliphatic heterocycles. The number of hydrogen-bond acceptors (Lipinski definition) is 3. The van der Waals surface area contributed by atoms with Gasteiger partial charge in [0.2, 0.25) is 5.91 Å². The number of nitrogens with zero attached hydrogens (tertiary/aromatic N) is 1. The molecule has 2 aromatic rings. The van der Waals surface area contributed by atoms with Gasteiger partial charge in [-0.1, -0.05) is 62.4 Å². The monoisotopic (exact) mass is 352 g/mol. The minimum atomic E-state index is -0.733. The fourth-order valence-electron chi connectivity index (χ4n) is 3.28. The van der Waals surface area contributed by atoms with E-state index in [0.717, 1.165) is 11.1 Å². The van der Waals surface area contributed by atoms with Crippen molar-refractivity contribution in [2.24, 2.45) is 5.92 Å². The lowest BCUT2D eigenvalue weighted by Gasteiger charge is -2.30. The van der Waals surface area contributed by atoms with E-state index in [2.05, 4.69) is 5.32 Å². The van der Waals surface area contributed by atoms with E-state index in [1.807, 2.05) is 62.4 Å². The molecule has 0 saturated heterocycles. The second-order valence-corrected chi connectivity index (χ2v) is 6.95. The van der Waals surface area contributed by atoms with Crippen molar-refractivity contribution in [2.75, 3.05) is 6.61 Å². The maximum Gasteiger partial charge on any atom is 0.255 e. The highest BCUT2D eigenvalue weighted by Crippen LogP contribution is 2.31. The van der Waals surface area contributed by atoms with Crippen LogP contribution in [0.3, 0.4) is 0 Å². The van der Waals surface area contributed by atoms with Crippen molar-refractivity contribution in [1.29, 1.82) is 0 Å². The van der Waals surface area contributed by atoms with Crippen molar-refractivity contribution in [3.63, 3.8) is 0 Å². The van der Waals surface area contributed by atoms with Crippen LogP contribution in [0.5, 0.6) is 0 Å². The van der Waals surface area contributed by atoms with Gasteiger partial charge in [-0.25, -0.2) is 0 Å². The summed E-state index contributed by atoms with van der Waals surface area (Å²) in [5.74, 6) is -0.327. The van der Waals surface area contributed by atoms with E-state index in [9.17, 15) is 14.7 Å². The second-order valence-electron chi connectivity index (χ2n) is 6.95. The predicted octanol–water partition coefficient (Wildman–Crippen LogP) is 2.52. The van der Waals surface area contributed by atoms with Crippen molar-refractivity contribution >= 4 is 11.8 Å². The minimum absolute atomic E-state index is 0.0897. The van der Waals surface area contributed by atoms with Crippen molar-refractivity contribution in [3.05, 3.63) is 71.3 Å². The van der Waals surface area contributed by atoms with Crippen molar-refractivity contribution < 1.29 is 14.7 Å². The van der Waals surface area contributed by atoms with E-state index in [-0.39, 0.29) is 30.4 Å². The average Bonchev–Trinajstić information content (AvgIpc) is 2.97. The molecular formula is C21H24N2O3. The van der Waals surface area contributed by atoms with Crippen LogP contribution in [0.1, 0.15) is 41.4 Å². The van der Waals surface area contributed by atoms with Crippen molar-refractivity contribution in [3.8, 4) is 0 Å². The van der Waals surface area contributed by atoms with Crippen molar-refractivity contribution in [1.82, 2.24) is 10.2 Å². The SMILES string of the molecule is CC(C)C(CO)NC(=O)C(c1ccccc1)N1Cc2ccccc2C1=O. The topological polar surface area (TPSA) is 69.6 Å². The van der Waals surface area contributed by atoms with Gasteiger partial charge in [0.15, 0.2) is 0 Å². The number of benzene rings is 2. The van der Waals surface area contributed by atoms with Crippen LogP contribution >= 0.6 is 0 Å². The van der Waals surface area contributed by atoms with Gasteiger partial charge >= 0.3 is 0 Å². The molecule has 26 heavy (non-hydrogen) atoms. The van der Waals surface area contributed by atoms with Crippen LogP contribution in [0, 0.1) is 5.92 Å². The normalized spacial score (nSPS) is 15.7. The summed E-state index contributed by atoms with van der Waals surface area (Å²) in [6.45, 7) is 4.14. The van der Waals surface area contributed by atoms with Gasteiger partial charge in [0, 0.05) is 12.1 Å². The minimum Gasteiger partial charge on any atom is -0.394 e. The summed E-state index contributed by atoms with van der Waals surface area (Å²) in [6, 6.07) is 15.6. The number of aliphatic hydroxyl groups is 1. The lowest BCUT2D eigenvalue weighted by atomic mass is 10.0. The van der Waals surface area contributed by atoms with Crippen molar-refractivity contribution in [2.45, 2.75) is 32.5 Å². The molecule has 136 valence electrons. The average molecular weight is 352 g/mol. The Hall–Kier alpha value is -2.66. The van der Waals surface area contributed by atoms with Crippen LogP contribution in [-0.4, -0.2) is 34.5 Å². The fraction of sp³-hybridized carbons (Fsp3) is 0.333. The van der Waals surface area contributed by atoms with Gasteiger partial charge in [-0.15, -0.1) is 0 Å².